The highest BCUT2D eigenvalue weighted by Crippen LogP contribution is 2.23. The molecule has 6 nitrogen and oxygen atoms in total. The van der Waals surface area contributed by atoms with Crippen LogP contribution in [-0.2, 0) is 0 Å². The average molecular weight is 332 g/mol. The number of pyridine rings is 1. The van der Waals surface area contributed by atoms with Crippen LogP contribution < -0.4 is 10.6 Å². The van der Waals surface area contributed by atoms with Gasteiger partial charge in [-0.25, -0.2) is 4.79 Å². The molecular formula is C18H28N4O2. The van der Waals surface area contributed by atoms with Gasteiger partial charge in [-0.05, 0) is 44.2 Å². The van der Waals surface area contributed by atoms with Crippen molar-refractivity contribution >= 4 is 11.9 Å². The molecule has 0 spiro atoms. The Bertz CT molecular complexity index is 513. The van der Waals surface area contributed by atoms with Crippen molar-refractivity contribution < 1.29 is 9.59 Å². The number of carbonyl (C=O) groups is 2. The van der Waals surface area contributed by atoms with Gasteiger partial charge >= 0.3 is 6.03 Å². The minimum absolute atomic E-state index is 0.0829. The monoisotopic (exact) mass is 332 g/mol. The van der Waals surface area contributed by atoms with E-state index in [4.69, 9.17) is 0 Å². The third-order valence-electron chi connectivity index (χ3n) is 4.49. The molecule has 1 aliphatic heterocycles. The summed E-state index contributed by atoms with van der Waals surface area (Å²) >= 11 is 0. The molecule has 0 unspecified atom stereocenters. The number of hydrogen-bond acceptors (Lipinski definition) is 3. The molecule has 2 rings (SSSR count). The van der Waals surface area contributed by atoms with Gasteiger partial charge in [0, 0.05) is 44.1 Å². The van der Waals surface area contributed by atoms with Crippen molar-refractivity contribution in [2.45, 2.75) is 39.0 Å². The minimum Gasteiger partial charge on any atom is -0.339 e. The molecule has 1 aromatic rings. The van der Waals surface area contributed by atoms with E-state index in [0.29, 0.717) is 12.5 Å². The van der Waals surface area contributed by atoms with Gasteiger partial charge in [-0.2, -0.15) is 0 Å². The van der Waals surface area contributed by atoms with Crippen molar-refractivity contribution in [3.8, 4) is 0 Å². The van der Waals surface area contributed by atoms with Crippen molar-refractivity contribution in [3.05, 3.63) is 30.1 Å². The number of unbranched alkanes of at least 4 members (excludes halogenated alkanes) is 1. The zero-order valence-electron chi connectivity index (χ0n) is 14.5. The molecular weight excluding hydrogens is 304 g/mol. The summed E-state index contributed by atoms with van der Waals surface area (Å²) < 4.78 is 0. The van der Waals surface area contributed by atoms with Gasteiger partial charge in [0.1, 0.15) is 0 Å². The van der Waals surface area contributed by atoms with Crippen LogP contribution >= 0.6 is 0 Å². The van der Waals surface area contributed by atoms with Gasteiger partial charge in [0.15, 0.2) is 0 Å². The zero-order valence-corrected chi connectivity index (χ0v) is 14.5. The molecule has 1 fully saturated rings. The first-order valence-electron chi connectivity index (χ1n) is 8.91. The molecule has 1 aliphatic rings. The van der Waals surface area contributed by atoms with Crippen LogP contribution in [0.15, 0.2) is 24.5 Å². The van der Waals surface area contributed by atoms with Crippen LogP contribution in [0.4, 0.5) is 4.79 Å². The van der Waals surface area contributed by atoms with E-state index in [-0.39, 0.29) is 11.9 Å². The van der Waals surface area contributed by atoms with E-state index >= 15 is 0 Å². The molecule has 0 aromatic carbocycles. The summed E-state index contributed by atoms with van der Waals surface area (Å²) in [5.74, 6) is 0.804. The van der Waals surface area contributed by atoms with E-state index in [1.807, 2.05) is 11.8 Å². The fourth-order valence-corrected chi connectivity index (χ4v) is 3.08. The third kappa shape index (κ3) is 5.83. The van der Waals surface area contributed by atoms with Gasteiger partial charge in [0.2, 0.25) is 0 Å². The van der Waals surface area contributed by atoms with Gasteiger partial charge in [-0.1, -0.05) is 12.8 Å². The van der Waals surface area contributed by atoms with Gasteiger partial charge in [0.05, 0.1) is 0 Å². The molecule has 3 amide bonds. The summed E-state index contributed by atoms with van der Waals surface area (Å²) in [6.45, 7) is 4.96. The Labute approximate surface area is 144 Å². The zero-order chi connectivity index (χ0) is 17.2. The number of likely N-dealkylation sites (tertiary alicyclic amines) is 1. The quantitative estimate of drug-likeness (QED) is 0.753. The Morgan fingerprint density at radius 1 is 1.17 bits per heavy atom. The third-order valence-corrected chi connectivity index (χ3v) is 4.49. The number of nitrogens with zero attached hydrogens (tertiary/aromatic N) is 2. The SMILES string of the molecule is CCNC(=O)NCCCCC1CCN(C(=O)c2ccncc2)CC1. The van der Waals surface area contributed by atoms with E-state index in [1.165, 1.54) is 6.42 Å². The van der Waals surface area contributed by atoms with E-state index < -0.39 is 0 Å². The molecule has 0 atom stereocenters. The van der Waals surface area contributed by atoms with Crippen LogP contribution in [0.25, 0.3) is 0 Å². The fourth-order valence-electron chi connectivity index (χ4n) is 3.08. The number of carbonyl (C=O) groups excluding carboxylic acids is 2. The first-order valence-corrected chi connectivity index (χ1v) is 8.91. The first kappa shape index (κ1) is 18.2. The number of urea groups is 1. The summed E-state index contributed by atoms with van der Waals surface area (Å²) in [5, 5.41) is 5.58. The van der Waals surface area contributed by atoms with Gasteiger partial charge in [0.25, 0.3) is 5.91 Å². The molecule has 2 heterocycles. The molecule has 0 radical (unpaired) electrons. The standard InChI is InChI=1S/C18H28N4O2/c1-2-20-18(24)21-10-4-3-5-15-8-13-22(14-9-15)17(23)16-6-11-19-12-7-16/h6-7,11-12,15H,2-5,8-10,13-14H2,1H3,(H2,20,21,24). The van der Waals surface area contributed by atoms with Crippen molar-refractivity contribution in [2.75, 3.05) is 26.2 Å². The molecule has 6 heteroatoms. The number of amides is 3. The largest absolute Gasteiger partial charge is 0.339 e. The molecule has 2 N–H and O–H groups in total. The minimum atomic E-state index is -0.0829. The lowest BCUT2D eigenvalue weighted by molar-refractivity contribution is 0.0685. The Morgan fingerprint density at radius 2 is 1.88 bits per heavy atom. The van der Waals surface area contributed by atoms with Crippen molar-refractivity contribution in [1.82, 2.24) is 20.5 Å². The van der Waals surface area contributed by atoms with Crippen LogP contribution in [0.5, 0.6) is 0 Å². The summed E-state index contributed by atoms with van der Waals surface area (Å²) in [6.07, 6.45) is 8.77. The Hall–Kier alpha value is -2.11. The van der Waals surface area contributed by atoms with Gasteiger partial charge < -0.3 is 15.5 Å². The summed E-state index contributed by atoms with van der Waals surface area (Å²) in [7, 11) is 0. The molecule has 132 valence electrons. The number of hydrogen-bond donors (Lipinski definition) is 2. The number of rotatable bonds is 7. The number of piperidine rings is 1. The maximum absolute atomic E-state index is 12.4. The van der Waals surface area contributed by atoms with E-state index in [1.54, 1.807) is 24.5 Å². The van der Waals surface area contributed by atoms with Crippen molar-refractivity contribution in [3.63, 3.8) is 0 Å². The Morgan fingerprint density at radius 3 is 2.54 bits per heavy atom. The predicted octanol–water partition coefficient (Wildman–Crippen LogP) is 2.42. The van der Waals surface area contributed by atoms with E-state index in [0.717, 1.165) is 50.9 Å². The highest BCUT2D eigenvalue weighted by molar-refractivity contribution is 5.94. The van der Waals surface area contributed by atoms with Crippen LogP contribution in [0, 0.1) is 5.92 Å². The second-order valence-corrected chi connectivity index (χ2v) is 6.25. The van der Waals surface area contributed by atoms with Crippen LogP contribution in [-0.4, -0.2) is 48.0 Å². The molecule has 24 heavy (non-hydrogen) atoms. The highest BCUT2D eigenvalue weighted by Gasteiger charge is 2.23. The Kier molecular flexibility index (Phi) is 7.52. The lowest BCUT2D eigenvalue weighted by Gasteiger charge is -2.32. The average Bonchev–Trinajstić information content (AvgIpc) is 2.62. The molecule has 1 aromatic heterocycles. The molecule has 0 bridgehead atoms. The molecule has 1 saturated heterocycles. The molecule has 0 aliphatic carbocycles. The summed E-state index contributed by atoms with van der Waals surface area (Å²) in [4.78, 5) is 29.5. The predicted molar refractivity (Wildman–Crippen MR) is 93.8 cm³/mol. The highest BCUT2D eigenvalue weighted by atomic mass is 16.2. The second kappa shape index (κ2) is 9.90. The van der Waals surface area contributed by atoms with Gasteiger partial charge in [-0.3, -0.25) is 9.78 Å². The fraction of sp³-hybridized carbons (Fsp3) is 0.611. The first-order chi connectivity index (χ1) is 11.7. The second-order valence-electron chi connectivity index (χ2n) is 6.25. The summed E-state index contributed by atoms with van der Waals surface area (Å²) in [6, 6.07) is 3.46. The lowest BCUT2D eigenvalue weighted by Crippen LogP contribution is -2.38. The van der Waals surface area contributed by atoms with Gasteiger partial charge in [-0.15, -0.1) is 0 Å². The number of nitrogens with one attached hydrogen (secondary N) is 2. The van der Waals surface area contributed by atoms with Crippen LogP contribution in [0.2, 0.25) is 0 Å². The topological polar surface area (TPSA) is 74.3 Å². The van der Waals surface area contributed by atoms with Crippen molar-refractivity contribution in [2.24, 2.45) is 5.92 Å². The smallest absolute Gasteiger partial charge is 0.314 e. The van der Waals surface area contributed by atoms with E-state index in [9.17, 15) is 9.59 Å². The lowest BCUT2D eigenvalue weighted by atomic mass is 9.91. The van der Waals surface area contributed by atoms with E-state index in [2.05, 4.69) is 15.6 Å². The van der Waals surface area contributed by atoms with Crippen LogP contribution in [0.3, 0.4) is 0 Å². The molecule has 0 saturated carbocycles. The summed E-state index contributed by atoms with van der Waals surface area (Å²) in [5.41, 5.74) is 0.722. The Balaban J connectivity index is 1.59. The number of aromatic nitrogens is 1. The van der Waals surface area contributed by atoms with Crippen molar-refractivity contribution in [1.29, 1.82) is 0 Å². The maximum Gasteiger partial charge on any atom is 0.314 e. The van der Waals surface area contributed by atoms with Crippen LogP contribution in [0.1, 0.15) is 49.4 Å². The maximum atomic E-state index is 12.4. The normalized spacial score (nSPS) is 15.1.